The quantitative estimate of drug-likeness (QED) is 0.576. The standard InChI is InChI=1S/C26H26N6O2/c1-17-14-22(17)25(33)30-23-7-2-18(15-19(23)16-27)24-8-9-28-26(31-24)29-20-3-5-21(6-4-20)32-10-12-34-13-11-32/h2-9,15,17,22H,10-14H2,1H3,(H,30,33)(H,28,29,31). The SMILES string of the molecule is CC1CC1C(=O)Nc1ccc(-c2ccnc(Nc3ccc(N4CCOCC4)cc3)n2)cc1C#N. The van der Waals surface area contributed by atoms with Crippen molar-refractivity contribution in [3.63, 3.8) is 0 Å². The Bertz CT molecular complexity index is 1230. The second-order valence-electron chi connectivity index (χ2n) is 8.72. The maximum Gasteiger partial charge on any atom is 0.227 e. The smallest absolute Gasteiger partial charge is 0.227 e. The molecule has 2 unspecified atom stereocenters. The van der Waals surface area contributed by atoms with Crippen LogP contribution in [0.15, 0.2) is 54.7 Å². The lowest BCUT2D eigenvalue weighted by Crippen LogP contribution is -2.36. The van der Waals surface area contributed by atoms with Crippen LogP contribution in [0.4, 0.5) is 23.0 Å². The van der Waals surface area contributed by atoms with Crippen LogP contribution in [0.5, 0.6) is 0 Å². The number of benzene rings is 2. The van der Waals surface area contributed by atoms with E-state index in [0.29, 0.717) is 28.8 Å². The molecule has 2 heterocycles. The predicted molar refractivity (Wildman–Crippen MR) is 131 cm³/mol. The van der Waals surface area contributed by atoms with E-state index in [2.05, 4.69) is 50.6 Å². The molecule has 1 saturated carbocycles. The molecule has 1 aliphatic carbocycles. The third kappa shape index (κ3) is 4.85. The van der Waals surface area contributed by atoms with Crippen molar-refractivity contribution in [1.29, 1.82) is 5.26 Å². The van der Waals surface area contributed by atoms with Crippen LogP contribution in [0, 0.1) is 23.2 Å². The molecular weight excluding hydrogens is 428 g/mol. The molecule has 2 N–H and O–H groups in total. The van der Waals surface area contributed by atoms with E-state index < -0.39 is 0 Å². The number of anilines is 4. The van der Waals surface area contributed by atoms with Crippen LogP contribution in [-0.2, 0) is 9.53 Å². The largest absolute Gasteiger partial charge is 0.378 e. The second-order valence-corrected chi connectivity index (χ2v) is 8.72. The Kier molecular flexibility index (Phi) is 6.11. The van der Waals surface area contributed by atoms with Crippen LogP contribution in [0.3, 0.4) is 0 Å². The summed E-state index contributed by atoms with van der Waals surface area (Å²) in [5.74, 6) is 0.900. The molecule has 1 aromatic heterocycles. The van der Waals surface area contributed by atoms with Crippen molar-refractivity contribution in [3.05, 3.63) is 60.3 Å². The van der Waals surface area contributed by atoms with Gasteiger partial charge in [0.15, 0.2) is 0 Å². The van der Waals surface area contributed by atoms with Crippen LogP contribution in [-0.4, -0.2) is 42.2 Å². The average molecular weight is 455 g/mol. The summed E-state index contributed by atoms with van der Waals surface area (Å²) in [7, 11) is 0. The van der Waals surface area contributed by atoms with Gasteiger partial charge in [0.25, 0.3) is 0 Å². The molecule has 2 aromatic carbocycles. The minimum Gasteiger partial charge on any atom is -0.378 e. The maximum absolute atomic E-state index is 12.3. The van der Waals surface area contributed by atoms with Crippen LogP contribution in [0.2, 0.25) is 0 Å². The van der Waals surface area contributed by atoms with Gasteiger partial charge in [0.1, 0.15) is 6.07 Å². The molecule has 3 aromatic rings. The first kappa shape index (κ1) is 21.9. The van der Waals surface area contributed by atoms with Crippen molar-refractivity contribution in [2.45, 2.75) is 13.3 Å². The molecule has 8 nitrogen and oxygen atoms in total. The lowest BCUT2D eigenvalue weighted by molar-refractivity contribution is -0.117. The predicted octanol–water partition coefficient (Wildman–Crippen LogP) is 4.19. The Morgan fingerprint density at radius 3 is 2.62 bits per heavy atom. The van der Waals surface area contributed by atoms with Crippen LogP contribution >= 0.6 is 0 Å². The molecule has 2 atom stereocenters. The van der Waals surface area contributed by atoms with Gasteiger partial charge in [0, 0.05) is 42.1 Å². The highest BCUT2D eigenvalue weighted by atomic mass is 16.5. The Morgan fingerprint density at radius 2 is 1.91 bits per heavy atom. The van der Waals surface area contributed by atoms with Crippen LogP contribution in [0.25, 0.3) is 11.3 Å². The van der Waals surface area contributed by atoms with Gasteiger partial charge >= 0.3 is 0 Å². The Balaban J connectivity index is 1.30. The molecule has 34 heavy (non-hydrogen) atoms. The van der Waals surface area contributed by atoms with Gasteiger partial charge in [-0.05, 0) is 54.8 Å². The van der Waals surface area contributed by atoms with E-state index >= 15 is 0 Å². The first-order chi connectivity index (χ1) is 16.6. The van der Waals surface area contributed by atoms with Gasteiger partial charge in [0.2, 0.25) is 11.9 Å². The highest BCUT2D eigenvalue weighted by Crippen LogP contribution is 2.38. The number of nitrogens with one attached hydrogen (secondary N) is 2. The molecule has 1 saturated heterocycles. The summed E-state index contributed by atoms with van der Waals surface area (Å²) >= 11 is 0. The number of carbonyl (C=O) groups is 1. The topological polar surface area (TPSA) is 103 Å². The van der Waals surface area contributed by atoms with Gasteiger partial charge < -0.3 is 20.3 Å². The highest BCUT2D eigenvalue weighted by Gasteiger charge is 2.39. The first-order valence-electron chi connectivity index (χ1n) is 11.5. The fourth-order valence-electron chi connectivity index (χ4n) is 4.10. The van der Waals surface area contributed by atoms with E-state index in [9.17, 15) is 10.1 Å². The van der Waals surface area contributed by atoms with Gasteiger partial charge in [0.05, 0.1) is 30.2 Å². The van der Waals surface area contributed by atoms with Gasteiger partial charge in [-0.15, -0.1) is 0 Å². The van der Waals surface area contributed by atoms with Gasteiger partial charge in [-0.25, -0.2) is 9.97 Å². The van der Waals surface area contributed by atoms with Gasteiger partial charge in [-0.2, -0.15) is 5.26 Å². The molecule has 0 bridgehead atoms. The van der Waals surface area contributed by atoms with Crippen molar-refractivity contribution in [3.8, 4) is 17.3 Å². The molecule has 5 rings (SSSR count). The average Bonchev–Trinajstić information content (AvgIpc) is 3.62. The molecule has 1 amide bonds. The number of nitriles is 1. The lowest BCUT2D eigenvalue weighted by Gasteiger charge is -2.28. The van der Waals surface area contributed by atoms with Crippen molar-refractivity contribution >= 4 is 28.9 Å². The second kappa shape index (κ2) is 9.49. The van der Waals surface area contributed by atoms with Crippen LogP contribution < -0.4 is 15.5 Å². The number of nitrogens with zero attached hydrogens (tertiary/aromatic N) is 4. The molecule has 1 aliphatic heterocycles. The molecule has 8 heteroatoms. The van der Waals surface area contributed by atoms with Crippen molar-refractivity contribution in [1.82, 2.24) is 9.97 Å². The number of ether oxygens (including phenoxy) is 1. The van der Waals surface area contributed by atoms with E-state index in [1.807, 2.05) is 18.2 Å². The summed E-state index contributed by atoms with van der Waals surface area (Å²) in [5.41, 5.74) is 4.46. The maximum atomic E-state index is 12.3. The summed E-state index contributed by atoms with van der Waals surface area (Å²) in [6.45, 7) is 5.34. The number of rotatable bonds is 6. The zero-order valence-corrected chi connectivity index (χ0v) is 19.0. The molecule has 2 fully saturated rings. The first-order valence-corrected chi connectivity index (χ1v) is 11.5. The third-order valence-corrected chi connectivity index (χ3v) is 6.30. The van der Waals surface area contributed by atoms with Gasteiger partial charge in [-0.1, -0.05) is 13.0 Å². The number of hydrogen-bond donors (Lipinski definition) is 2. The third-order valence-electron chi connectivity index (χ3n) is 6.30. The number of hydrogen-bond acceptors (Lipinski definition) is 7. The fraction of sp³-hybridized carbons (Fsp3) is 0.308. The number of morpholine rings is 1. The molecule has 0 radical (unpaired) electrons. The fourth-order valence-corrected chi connectivity index (χ4v) is 4.10. The summed E-state index contributed by atoms with van der Waals surface area (Å²) < 4.78 is 5.42. The Labute approximate surface area is 198 Å². The lowest BCUT2D eigenvalue weighted by atomic mass is 10.1. The highest BCUT2D eigenvalue weighted by molar-refractivity contribution is 5.95. The van der Waals surface area contributed by atoms with E-state index in [0.717, 1.165) is 49.7 Å². The van der Waals surface area contributed by atoms with E-state index in [4.69, 9.17) is 4.74 Å². The monoisotopic (exact) mass is 454 g/mol. The summed E-state index contributed by atoms with van der Waals surface area (Å²) in [4.78, 5) is 23.5. The zero-order valence-electron chi connectivity index (χ0n) is 19.0. The Hall–Kier alpha value is -3.96. The van der Waals surface area contributed by atoms with Crippen molar-refractivity contribution < 1.29 is 9.53 Å². The molecular formula is C26H26N6O2. The Morgan fingerprint density at radius 1 is 1.15 bits per heavy atom. The summed E-state index contributed by atoms with van der Waals surface area (Å²) in [5, 5.41) is 15.8. The molecule has 2 aliphatic rings. The zero-order chi connectivity index (χ0) is 23.5. The van der Waals surface area contributed by atoms with E-state index in [1.165, 1.54) is 0 Å². The van der Waals surface area contributed by atoms with Crippen molar-refractivity contribution in [2.75, 3.05) is 41.8 Å². The van der Waals surface area contributed by atoms with Gasteiger partial charge in [-0.3, -0.25) is 4.79 Å². The number of amides is 1. The minimum absolute atomic E-state index is 0.0232. The number of aromatic nitrogens is 2. The minimum atomic E-state index is -0.0232. The summed E-state index contributed by atoms with van der Waals surface area (Å²) in [6.07, 6.45) is 2.58. The van der Waals surface area contributed by atoms with Crippen LogP contribution in [0.1, 0.15) is 18.9 Å². The molecule has 172 valence electrons. The normalized spacial score (nSPS) is 19.2. The number of carbonyl (C=O) groups excluding carboxylic acids is 1. The summed E-state index contributed by atoms with van der Waals surface area (Å²) in [6, 6.07) is 17.5. The molecule has 0 spiro atoms. The van der Waals surface area contributed by atoms with E-state index in [-0.39, 0.29) is 11.8 Å². The van der Waals surface area contributed by atoms with E-state index in [1.54, 1.807) is 24.4 Å². The van der Waals surface area contributed by atoms with Crippen molar-refractivity contribution in [2.24, 2.45) is 11.8 Å².